The second-order valence-electron chi connectivity index (χ2n) is 6.46. The average Bonchev–Trinajstić information content (AvgIpc) is 2.61. The highest BCUT2D eigenvalue weighted by molar-refractivity contribution is 7.89. The Morgan fingerprint density at radius 1 is 1.03 bits per heavy atom. The van der Waals surface area contributed by atoms with Crippen LogP contribution in [0.2, 0.25) is 0 Å². The monoisotopic (exact) mass is 434 g/mol. The van der Waals surface area contributed by atoms with Crippen LogP contribution in [0.1, 0.15) is 17.5 Å². The van der Waals surface area contributed by atoms with Crippen molar-refractivity contribution < 1.29 is 35.2 Å². The highest BCUT2D eigenvalue weighted by atomic mass is 32.2. The van der Waals surface area contributed by atoms with E-state index in [0.717, 1.165) is 12.1 Å². The Bertz CT molecular complexity index is 1050. The first-order valence-corrected chi connectivity index (χ1v) is 9.88. The van der Waals surface area contributed by atoms with Crippen molar-refractivity contribution in [3.63, 3.8) is 0 Å². The number of hydrogen-bond acceptors (Lipinski definition) is 3. The van der Waals surface area contributed by atoms with E-state index in [1.165, 1.54) is 18.2 Å². The van der Waals surface area contributed by atoms with Gasteiger partial charge in [0.1, 0.15) is 23.1 Å². The van der Waals surface area contributed by atoms with Crippen molar-refractivity contribution in [3.8, 4) is 0 Å². The molecule has 2 aromatic carbocycles. The molecule has 0 saturated carbocycles. The number of hydrogen-bond donors (Lipinski definition) is 1. The summed E-state index contributed by atoms with van der Waals surface area (Å²) in [6.07, 6.45) is -4.44. The van der Waals surface area contributed by atoms with Gasteiger partial charge in [-0.25, -0.2) is 21.9 Å². The number of anilines is 1. The molecule has 0 radical (unpaired) electrons. The number of nitrogens with zero attached hydrogens (tertiary/aromatic N) is 1. The Labute approximate surface area is 163 Å². The Morgan fingerprint density at radius 3 is 2.41 bits per heavy atom. The molecule has 0 fully saturated rings. The fourth-order valence-electron chi connectivity index (χ4n) is 3.03. The van der Waals surface area contributed by atoms with Crippen LogP contribution in [0.4, 0.5) is 27.6 Å². The van der Waals surface area contributed by atoms with Crippen molar-refractivity contribution in [2.24, 2.45) is 0 Å². The van der Waals surface area contributed by atoms with Crippen LogP contribution in [-0.4, -0.2) is 27.0 Å². The number of rotatable bonds is 5. The SMILES string of the molecule is O=C1CCc2cc(CNS(=O)(=O)c3ccc(F)cc3F)ccc2N1CC(F)(F)F. The lowest BCUT2D eigenvalue weighted by Gasteiger charge is -2.30. The number of sulfonamides is 1. The topological polar surface area (TPSA) is 66.5 Å². The van der Waals surface area contributed by atoms with Crippen molar-refractivity contribution in [1.29, 1.82) is 0 Å². The number of aryl methyl sites for hydroxylation is 1. The van der Waals surface area contributed by atoms with Gasteiger partial charge >= 0.3 is 6.18 Å². The zero-order valence-corrected chi connectivity index (χ0v) is 15.6. The zero-order chi connectivity index (χ0) is 21.4. The van der Waals surface area contributed by atoms with Crippen LogP contribution in [0.5, 0.6) is 0 Å². The number of halogens is 5. The van der Waals surface area contributed by atoms with Crippen molar-refractivity contribution in [2.75, 3.05) is 11.4 Å². The first kappa shape index (κ1) is 21.2. The maximum Gasteiger partial charge on any atom is 0.406 e. The zero-order valence-electron chi connectivity index (χ0n) is 14.8. The molecule has 0 aliphatic carbocycles. The Balaban J connectivity index is 1.79. The molecule has 1 heterocycles. The smallest absolute Gasteiger partial charge is 0.303 e. The van der Waals surface area contributed by atoms with Gasteiger partial charge in [0.25, 0.3) is 0 Å². The van der Waals surface area contributed by atoms with Gasteiger partial charge in [0.2, 0.25) is 15.9 Å². The van der Waals surface area contributed by atoms with Gasteiger partial charge in [-0.1, -0.05) is 12.1 Å². The quantitative estimate of drug-likeness (QED) is 0.735. The summed E-state index contributed by atoms with van der Waals surface area (Å²) in [5.74, 6) is -2.81. The Morgan fingerprint density at radius 2 is 1.76 bits per heavy atom. The third kappa shape index (κ3) is 4.91. The van der Waals surface area contributed by atoms with E-state index in [0.29, 0.717) is 22.1 Å². The van der Waals surface area contributed by atoms with E-state index in [1.807, 2.05) is 0 Å². The van der Waals surface area contributed by atoms with E-state index < -0.39 is 45.2 Å². The lowest BCUT2D eigenvalue weighted by Crippen LogP contribution is -2.41. The summed E-state index contributed by atoms with van der Waals surface area (Å²) in [4.78, 5) is 11.8. The Kier molecular flexibility index (Phi) is 5.63. The molecule has 0 bridgehead atoms. The van der Waals surface area contributed by atoms with Crippen molar-refractivity contribution in [1.82, 2.24) is 4.72 Å². The average molecular weight is 434 g/mol. The summed E-state index contributed by atoms with van der Waals surface area (Å²) >= 11 is 0. The molecular weight excluding hydrogens is 419 g/mol. The molecule has 0 spiro atoms. The van der Waals surface area contributed by atoms with Gasteiger partial charge < -0.3 is 4.90 Å². The van der Waals surface area contributed by atoms with Crippen LogP contribution in [0, 0.1) is 11.6 Å². The molecule has 1 aliphatic rings. The van der Waals surface area contributed by atoms with Gasteiger partial charge in [0.15, 0.2) is 0 Å². The first-order chi connectivity index (χ1) is 13.5. The van der Waals surface area contributed by atoms with Crippen LogP contribution >= 0.6 is 0 Å². The van der Waals surface area contributed by atoms with Crippen molar-refractivity contribution >= 4 is 21.6 Å². The number of amides is 1. The summed E-state index contributed by atoms with van der Waals surface area (Å²) in [6.45, 7) is -1.67. The summed E-state index contributed by atoms with van der Waals surface area (Å²) in [5, 5.41) is 0. The second kappa shape index (κ2) is 7.71. The van der Waals surface area contributed by atoms with Crippen molar-refractivity contribution in [2.45, 2.75) is 30.5 Å². The molecule has 0 aromatic heterocycles. The molecule has 0 unspecified atom stereocenters. The van der Waals surface area contributed by atoms with Crippen LogP contribution in [0.25, 0.3) is 0 Å². The molecule has 0 saturated heterocycles. The predicted molar refractivity (Wildman–Crippen MR) is 93.6 cm³/mol. The molecule has 0 atom stereocenters. The highest BCUT2D eigenvalue weighted by Crippen LogP contribution is 2.31. The molecule has 29 heavy (non-hydrogen) atoms. The van der Waals surface area contributed by atoms with E-state index in [-0.39, 0.29) is 25.1 Å². The number of benzene rings is 2. The number of alkyl halides is 3. The summed E-state index contributed by atoms with van der Waals surface area (Å²) in [6, 6.07) is 6.24. The normalized spacial score (nSPS) is 14.8. The van der Waals surface area contributed by atoms with Gasteiger partial charge in [-0.05, 0) is 35.7 Å². The minimum Gasteiger partial charge on any atom is -0.303 e. The fourth-order valence-corrected chi connectivity index (χ4v) is 4.10. The third-order valence-corrected chi connectivity index (χ3v) is 5.77. The van der Waals surface area contributed by atoms with E-state index in [4.69, 9.17) is 0 Å². The van der Waals surface area contributed by atoms with Gasteiger partial charge in [-0.2, -0.15) is 13.2 Å². The lowest BCUT2D eigenvalue weighted by atomic mass is 9.98. The largest absolute Gasteiger partial charge is 0.406 e. The minimum absolute atomic E-state index is 0.0982. The summed E-state index contributed by atoms with van der Waals surface area (Å²) in [5.41, 5.74) is 1.00. The molecular formula is C18H15F5N2O3S. The maximum absolute atomic E-state index is 13.7. The number of carbonyl (C=O) groups is 1. The number of carbonyl (C=O) groups excluding carboxylic acids is 1. The molecule has 11 heteroatoms. The molecule has 3 rings (SSSR count). The van der Waals surface area contributed by atoms with E-state index >= 15 is 0 Å². The molecule has 1 amide bonds. The van der Waals surface area contributed by atoms with Crippen LogP contribution in [-0.2, 0) is 27.8 Å². The molecule has 2 aromatic rings. The van der Waals surface area contributed by atoms with Crippen LogP contribution < -0.4 is 9.62 Å². The van der Waals surface area contributed by atoms with Gasteiger partial charge in [0.05, 0.1) is 0 Å². The van der Waals surface area contributed by atoms with Crippen LogP contribution in [0.15, 0.2) is 41.3 Å². The van der Waals surface area contributed by atoms with Gasteiger partial charge in [-0.3, -0.25) is 4.79 Å². The molecule has 1 aliphatic heterocycles. The van der Waals surface area contributed by atoms with Crippen molar-refractivity contribution in [3.05, 3.63) is 59.2 Å². The minimum atomic E-state index is -4.56. The van der Waals surface area contributed by atoms with Gasteiger partial charge in [0, 0.05) is 24.7 Å². The second-order valence-corrected chi connectivity index (χ2v) is 8.19. The van der Waals surface area contributed by atoms with E-state index in [2.05, 4.69) is 4.72 Å². The fraction of sp³-hybridized carbons (Fsp3) is 0.278. The number of fused-ring (bicyclic) bond motifs is 1. The first-order valence-electron chi connectivity index (χ1n) is 8.40. The lowest BCUT2D eigenvalue weighted by molar-refractivity contribution is -0.132. The van der Waals surface area contributed by atoms with E-state index in [9.17, 15) is 35.2 Å². The standard InChI is InChI=1S/C18H15F5N2O3S/c19-13-3-5-16(14(20)8-13)29(27,28)24-9-11-1-4-15-12(7-11)2-6-17(26)25(15)10-18(21,22)23/h1,3-5,7-8,24H,2,6,9-10H2. The maximum atomic E-state index is 13.7. The molecule has 156 valence electrons. The highest BCUT2D eigenvalue weighted by Gasteiger charge is 2.36. The summed E-state index contributed by atoms with van der Waals surface area (Å²) in [7, 11) is -4.28. The third-order valence-electron chi connectivity index (χ3n) is 4.33. The molecule has 5 nitrogen and oxygen atoms in total. The summed E-state index contributed by atoms with van der Waals surface area (Å²) < 4.78 is 91.5. The number of nitrogens with one attached hydrogen (secondary N) is 1. The Hall–Kier alpha value is -2.53. The molecule has 1 N–H and O–H groups in total. The van der Waals surface area contributed by atoms with Gasteiger partial charge in [-0.15, -0.1) is 0 Å². The van der Waals surface area contributed by atoms with E-state index in [1.54, 1.807) is 0 Å². The predicted octanol–water partition coefficient (Wildman–Crippen LogP) is 3.28. The van der Waals surface area contributed by atoms with Crippen LogP contribution in [0.3, 0.4) is 0 Å².